The monoisotopic (exact) mass is 362 g/mol. The van der Waals surface area contributed by atoms with Crippen molar-refractivity contribution in [2.75, 3.05) is 0 Å². The first-order valence-electron chi connectivity index (χ1n) is 0.548. The number of nitrogens with zero attached hydrogens (tertiary/aromatic N) is 1. The summed E-state index contributed by atoms with van der Waals surface area (Å²) >= 11 is 0. The second kappa shape index (κ2) is 9.38. The van der Waals surface area contributed by atoms with Gasteiger partial charge in [-0.1, -0.05) is 0 Å². The van der Waals surface area contributed by atoms with Gasteiger partial charge in [0.2, 0.25) is 0 Å². The zero-order chi connectivity index (χ0) is 3.58. The Morgan fingerprint density at radius 2 is 1.33 bits per heavy atom. The smallest absolute Gasteiger partial charge is 0 e. The normalized spacial score (nSPS) is 4.00. The Labute approximate surface area is 73.3 Å². The fourth-order valence-corrected chi connectivity index (χ4v) is 0. The van der Waals surface area contributed by atoms with E-state index in [1.54, 1.807) is 0 Å². The van der Waals surface area contributed by atoms with Crippen LogP contribution >= 0.6 is 0 Å². The van der Waals surface area contributed by atoms with Crippen molar-refractivity contribution in [1.82, 2.24) is 0 Å². The van der Waals surface area contributed by atoms with Crippen LogP contribution in [0.15, 0.2) is 0 Å². The fourth-order valence-electron chi connectivity index (χ4n) is 0. The second-order valence-corrected chi connectivity index (χ2v) is 0.224. The minimum atomic E-state index is -1.75. The van der Waals surface area contributed by atoms with Crippen LogP contribution in [0.4, 0.5) is 0 Å². The van der Waals surface area contributed by atoms with Crippen molar-refractivity contribution >= 4 is 27.3 Å². The Hall–Kier alpha value is 1.01. The zero-order valence-corrected chi connectivity index (χ0v) is 10.8. The van der Waals surface area contributed by atoms with E-state index in [1.807, 2.05) is 0 Å². The maximum atomic E-state index is 8.25. The summed E-state index contributed by atoms with van der Waals surface area (Å²) in [7, 11) is 0. The predicted molar refractivity (Wildman–Crippen MR) is 18.9 cm³/mol. The minimum absolute atomic E-state index is 0. The third-order valence-electron chi connectivity index (χ3n) is 0. The van der Waals surface area contributed by atoms with E-state index in [2.05, 4.69) is 0 Å². The minimum Gasteiger partial charge on any atom is 0 e. The van der Waals surface area contributed by atoms with Crippen LogP contribution in [0.2, 0.25) is 0 Å². The van der Waals surface area contributed by atoms with E-state index >= 15 is 0 Å². The average Bonchev–Trinajstić information content (AvgIpc) is 0.811. The summed E-state index contributed by atoms with van der Waals surface area (Å²) in [6.45, 7) is 0. The summed E-state index contributed by atoms with van der Waals surface area (Å²) in [6.07, 6.45) is 0. The molecule has 0 bridgehead atoms. The molecule has 0 amide bonds. The Bertz CT molecular complexity index is 33.8. The molecule has 0 unspecified atom stereocenters. The van der Waals surface area contributed by atoms with Crippen LogP contribution in [0, 0.1) is 15.3 Å². The van der Waals surface area contributed by atoms with Crippen LogP contribution in [0.1, 0.15) is 0 Å². The SMILES string of the molecule is O=[N+]([O-])[O-].[PbH2].[Zr]. The Kier molecular flexibility index (Phi) is 24.6. The van der Waals surface area contributed by atoms with Gasteiger partial charge in [-0.3, -0.25) is 0 Å². The molecule has 0 aliphatic rings. The van der Waals surface area contributed by atoms with Gasteiger partial charge in [0, 0.05) is 26.2 Å². The van der Waals surface area contributed by atoms with E-state index in [-0.39, 0.29) is 53.5 Å². The van der Waals surface area contributed by atoms with Crippen molar-refractivity contribution in [3.05, 3.63) is 15.3 Å². The molecule has 0 aliphatic heterocycles. The van der Waals surface area contributed by atoms with Crippen LogP contribution in [0.25, 0.3) is 0 Å². The molecule has 0 spiro atoms. The quantitative estimate of drug-likeness (QED) is 0.310. The van der Waals surface area contributed by atoms with Gasteiger partial charge in [0.15, 0.2) is 0 Å². The summed E-state index contributed by atoms with van der Waals surface area (Å²) in [5.74, 6) is 0. The standard InChI is InChI=1S/NO3.Pb.Zr.2H/c2-1(3)4;;;;/q-1;;;;. The molecule has 0 saturated heterocycles. The van der Waals surface area contributed by atoms with Crippen molar-refractivity contribution in [2.45, 2.75) is 0 Å². The molecule has 4 nitrogen and oxygen atoms in total. The first kappa shape index (κ1) is 15.7. The molecular formula is H2NO3PbZr-. The molecule has 0 aliphatic carbocycles. The summed E-state index contributed by atoms with van der Waals surface area (Å²) in [6, 6.07) is 0. The van der Waals surface area contributed by atoms with E-state index in [9.17, 15) is 0 Å². The van der Waals surface area contributed by atoms with Crippen molar-refractivity contribution in [2.24, 2.45) is 0 Å². The first-order chi connectivity index (χ1) is 1.73. The third-order valence-corrected chi connectivity index (χ3v) is 0. The fraction of sp³-hybridized carbons (Fsp3) is 0. The first-order valence-corrected chi connectivity index (χ1v) is 0.548. The van der Waals surface area contributed by atoms with Gasteiger partial charge in [-0.25, -0.2) is 0 Å². The van der Waals surface area contributed by atoms with E-state index in [0.29, 0.717) is 0 Å². The maximum Gasteiger partial charge on any atom is 0 e. The van der Waals surface area contributed by atoms with Gasteiger partial charge in [-0.2, -0.15) is 0 Å². The topological polar surface area (TPSA) is 66.2 Å². The molecule has 6 heteroatoms. The van der Waals surface area contributed by atoms with Gasteiger partial charge in [0.1, 0.15) is 0 Å². The Morgan fingerprint density at radius 1 is 1.33 bits per heavy atom. The van der Waals surface area contributed by atoms with Crippen molar-refractivity contribution in [3.63, 3.8) is 0 Å². The molecule has 0 N–H and O–H groups in total. The van der Waals surface area contributed by atoms with Gasteiger partial charge >= 0.3 is 27.3 Å². The number of rotatable bonds is 0. The molecule has 34 valence electrons. The molecule has 0 fully saturated rings. The number of hydrogen-bond donors (Lipinski definition) is 0. The van der Waals surface area contributed by atoms with Gasteiger partial charge in [0.05, 0.1) is 5.09 Å². The molecule has 0 aromatic carbocycles. The average molecular weight is 362 g/mol. The molecular weight excluding hydrogens is 360 g/mol. The van der Waals surface area contributed by atoms with Crippen molar-refractivity contribution in [3.8, 4) is 0 Å². The summed E-state index contributed by atoms with van der Waals surface area (Å²) in [4.78, 5) is 8.25. The summed E-state index contributed by atoms with van der Waals surface area (Å²) in [5, 5.41) is 14.8. The van der Waals surface area contributed by atoms with Crippen LogP contribution in [0.3, 0.4) is 0 Å². The largest absolute Gasteiger partial charge is 0 e. The maximum absolute atomic E-state index is 8.25. The molecule has 0 atom stereocenters. The van der Waals surface area contributed by atoms with Gasteiger partial charge < -0.3 is 15.3 Å². The van der Waals surface area contributed by atoms with E-state index < -0.39 is 5.09 Å². The van der Waals surface area contributed by atoms with Crippen LogP contribution in [0.5, 0.6) is 0 Å². The van der Waals surface area contributed by atoms with Gasteiger partial charge in [0.25, 0.3) is 0 Å². The molecule has 0 saturated carbocycles. The van der Waals surface area contributed by atoms with Crippen molar-refractivity contribution in [1.29, 1.82) is 0 Å². The molecule has 0 aromatic heterocycles. The van der Waals surface area contributed by atoms with E-state index in [4.69, 9.17) is 15.3 Å². The van der Waals surface area contributed by atoms with E-state index in [1.165, 1.54) is 0 Å². The van der Waals surface area contributed by atoms with E-state index in [0.717, 1.165) is 0 Å². The Morgan fingerprint density at radius 3 is 1.33 bits per heavy atom. The summed E-state index contributed by atoms with van der Waals surface area (Å²) in [5.41, 5.74) is 0. The molecule has 2 radical (unpaired) electrons. The van der Waals surface area contributed by atoms with Gasteiger partial charge in [-0.05, 0) is 0 Å². The molecule has 0 rings (SSSR count). The molecule has 0 heterocycles. The van der Waals surface area contributed by atoms with Crippen LogP contribution < -0.4 is 0 Å². The second-order valence-electron chi connectivity index (χ2n) is 0.224. The predicted octanol–water partition coefficient (Wildman–Crippen LogP) is -1.16. The zero-order valence-electron chi connectivity index (χ0n) is 2.88. The molecule has 0 aromatic rings. The van der Waals surface area contributed by atoms with Crippen molar-refractivity contribution < 1.29 is 31.3 Å². The Balaban J connectivity index is -0.0000000450. The number of hydrogen-bond acceptors (Lipinski definition) is 3. The van der Waals surface area contributed by atoms with Crippen LogP contribution in [-0.2, 0) is 26.2 Å². The van der Waals surface area contributed by atoms with Crippen LogP contribution in [-0.4, -0.2) is 32.4 Å². The summed E-state index contributed by atoms with van der Waals surface area (Å²) < 4.78 is 0. The molecule has 6 heavy (non-hydrogen) atoms. The third kappa shape index (κ3) is 79.5. The van der Waals surface area contributed by atoms with Gasteiger partial charge in [-0.15, -0.1) is 0 Å².